The molecule has 2 aromatic heterocycles. The van der Waals surface area contributed by atoms with Crippen molar-refractivity contribution in [3.63, 3.8) is 0 Å². The number of carbonyl (C=O) groups is 1. The second kappa shape index (κ2) is 24.3. The molecule has 351 valence electrons. The Kier molecular flexibility index (Phi) is 18.1. The summed E-state index contributed by atoms with van der Waals surface area (Å²) in [5, 5.41) is 13.1. The normalized spacial score (nSPS) is 13.3. The Hall–Kier alpha value is -4.51. The fourth-order valence-electron chi connectivity index (χ4n) is 7.60. The zero-order valence-corrected chi connectivity index (χ0v) is 44.1. The molecule has 1 radical (unpaired) electrons. The molecule has 1 N–H and O–H groups in total. The molecule has 0 aliphatic rings. The zero-order chi connectivity index (χ0) is 51.0. The summed E-state index contributed by atoms with van der Waals surface area (Å²) in [6.45, 7) is 31.1. The van der Waals surface area contributed by atoms with Crippen molar-refractivity contribution < 1.29 is 39.9 Å². The van der Waals surface area contributed by atoms with Crippen LogP contribution in [0.15, 0.2) is 96.9 Å². The number of nitrogens with zero attached hydrogens (tertiary/aromatic N) is 2. The third-order valence-electron chi connectivity index (χ3n) is 11.9. The average Bonchev–Trinajstić information content (AvgIpc) is 3.27. The summed E-state index contributed by atoms with van der Waals surface area (Å²) < 4.78 is 45.2. The number of aliphatic hydroxyl groups excluding tert-OH is 1. The summed E-state index contributed by atoms with van der Waals surface area (Å²) in [6, 6.07) is 28.1. The minimum atomic E-state index is -0.463. The first-order valence-electron chi connectivity index (χ1n) is 25.2. The molecule has 4 nitrogen and oxygen atoms in total. The minimum Gasteiger partial charge on any atom is -0.512 e. The van der Waals surface area contributed by atoms with Crippen molar-refractivity contribution in [3.8, 4) is 22.5 Å². The molecule has 2 heterocycles. The van der Waals surface area contributed by atoms with Gasteiger partial charge >= 0.3 is 0 Å². The predicted octanol–water partition coefficient (Wildman–Crippen LogP) is 16.7. The molecular weight excluding hydrogens is 980 g/mol. The number of pyridine rings is 2. The second-order valence-corrected chi connectivity index (χ2v) is 19.8. The first-order valence-corrected chi connectivity index (χ1v) is 23.2. The molecule has 0 spiro atoms. The number of allylic oxidation sites excluding steroid dienone is 2. The van der Waals surface area contributed by atoms with Crippen LogP contribution in [0.2, 0.25) is 0 Å². The number of benzene rings is 4. The van der Waals surface area contributed by atoms with Crippen molar-refractivity contribution in [1.82, 2.24) is 9.97 Å². The van der Waals surface area contributed by atoms with Crippen molar-refractivity contribution in [1.29, 1.82) is 0 Å². The standard InChI is InChI=1S/2C23H26N.C13H23FO2.Ir/c2*1-15(2)17-7-8-21-18(13-17)9-10-24-22(21)19-11-16(3)12-20(14-19)23(4,5)6;1-4-10(5-2)12(15)9-13(16)11(6-3)7-8-14;/h2*7-10,12-15H,1-6H3;9-11,16H,4-8H2,1-3H3;/q2*-1;;/b;;13-9-;/i2*9D,10D;;. The van der Waals surface area contributed by atoms with Gasteiger partial charge in [0.2, 0.25) is 0 Å². The molecule has 0 fully saturated rings. The van der Waals surface area contributed by atoms with E-state index >= 15 is 0 Å². The van der Waals surface area contributed by atoms with Crippen LogP contribution in [0.3, 0.4) is 0 Å². The van der Waals surface area contributed by atoms with Crippen LogP contribution in [0.1, 0.15) is 166 Å². The van der Waals surface area contributed by atoms with Gasteiger partial charge in [0.05, 0.1) is 17.9 Å². The molecular formula is C59H75FIrN2O2-2. The van der Waals surface area contributed by atoms with Crippen molar-refractivity contribution in [2.45, 2.75) is 152 Å². The van der Waals surface area contributed by atoms with Gasteiger partial charge in [-0.15, -0.1) is 69.8 Å². The summed E-state index contributed by atoms with van der Waals surface area (Å²) in [6.07, 6.45) is 3.82. The van der Waals surface area contributed by atoms with E-state index in [2.05, 4.69) is 128 Å². The van der Waals surface area contributed by atoms with Crippen LogP contribution in [0.25, 0.3) is 44.1 Å². The van der Waals surface area contributed by atoms with Gasteiger partial charge in [-0.3, -0.25) is 9.18 Å². The quantitative estimate of drug-likeness (QED) is 0.0754. The van der Waals surface area contributed by atoms with Gasteiger partial charge in [-0.1, -0.05) is 140 Å². The third kappa shape index (κ3) is 15.0. The molecule has 0 amide bonds. The fraction of sp³-hybridized carbons (Fsp3) is 0.441. The van der Waals surface area contributed by atoms with Gasteiger partial charge in [-0.05, 0) is 104 Å². The second-order valence-electron chi connectivity index (χ2n) is 19.8. The van der Waals surface area contributed by atoms with Crippen molar-refractivity contribution in [2.24, 2.45) is 11.8 Å². The number of aryl methyl sites for hydroxylation is 2. The van der Waals surface area contributed by atoms with Gasteiger partial charge in [0.15, 0.2) is 5.78 Å². The van der Waals surface area contributed by atoms with Gasteiger partial charge in [0, 0.05) is 50.4 Å². The number of hydrogen-bond donors (Lipinski definition) is 1. The van der Waals surface area contributed by atoms with Gasteiger partial charge in [-0.2, -0.15) is 0 Å². The summed E-state index contributed by atoms with van der Waals surface area (Å²) >= 11 is 0. The molecule has 6 rings (SSSR count). The molecule has 0 saturated carbocycles. The molecule has 6 heteroatoms. The number of hydrogen-bond acceptors (Lipinski definition) is 4. The van der Waals surface area contributed by atoms with Gasteiger partial charge in [0.1, 0.15) is 0 Å². The van der Waals surface area contributed by atoms with Crippen LogP contribution < -0.4 is 0 Å². The number of aliphatic hydroxyl groups is 1. The topological polar surface area (TPSA) is 63.1 Å². The van der Waals surface area contributed by atoms with Gasteiger partial charge < -0.3 is 15.1 Å². The van der Waals surface area contributed by atoms with Crippen molar-refractivity contribution in [2.75, 3.05) is 6.67 Å². The Morgan fingerprint density at radius 2 is 1.09 bits per heavy atom. The Bertz CT molecular complexity index is 2590. The van der Waals surface area contributed by atoms with Crippen LogP contribution in [0, 0.1) is 37.8 Å². The van der Waals surface area contributed by atoms with Crippen molar-refractivity contribution >= 4 is 27.3 Å². The number of rotatable bonds is 12. The largest absolute Gasteiger partial charge is 0.512 e. The van der Waals surface area contributed by atoms with Crippen LogP contribution in [0.4, 0.5) is 4.39 Å². The minimum absolute atomic E-state index is 0. The molecule has 0 bridgehead atoms. The Balaban J connectivity index is 0.000000281. The molecule has 0 aliphatic heterocycles. The summed E-state index contributed by atoms with van der Waals surface area (Å²) in [7, 11) is 0. The van der Waals surface area contributed by atoms with E-state index in [9.17, 15) is 14.3 Å². The molecule has 65 heavy (non-hydrogen) atoms. The molecule has 1 unspecified atom stereocenters. The summed E-state index contributed by atoms with van der Waals surface area (Å²) in [5.41, 5.74) is 10.2. The molecule has 1 atom stereocenters. The average molecular weight is 1060 g/mol. The maximum Gasteiger partial charge on any atom is 0.162 e. The maximum absolute atomic E-state index is 12.2. The van der Waals surface area contributed by atoms with E-state index < -0.39 is 6.67 Å². The number of ketones is 1. The first-order chi connectivity index (χ1) is 31.7. The smallest absolute Gasteiger partial charge is 0.162 e. The molecule has 6 aromatic rings. The van der Waals surface area contributed by atoms with E-state index in [0.717, 1.165) is 68.0 Å². The first kappa shape index (κ1) is 48.4. The SMILES string of the molecule is CCC(CC)C(=O)/C=C(\O)C(CC)CCF.[2H]c1nc(-c2[c-]c(C)cc(C(C)(C)C)c2)c2ccc(C(C)C)cc2c1[2H].[2H]c1nc(-c2[c-]c(C)cc(C(C)(C)C)c2)c2ccc(C(C)C)cc2c1[2H].[Ir]. The van der Waals surface area contributed by atoms with Gasteiger partial charge in [0.25, 0.3) is 0 Å². The van der Waals surface area contributed by atoms with Gasteiger partial charge in [-0.25, -0.2) is 0 Å². The Morgan fingerprint density at radius 3 is 1.43 bits per heavy atom. The zero-order valence-electron chi connectivity index (χ0n) is 45.7. The van der Waals surface area contributed by atoms with E-state index in [1.807, 2.05) is 58.9 Å². The number of aromatic nitrogens is 2. The monoisotopic (exact) mass is 1060 g/mol. The summed E-state index contributed by atoms with van der Waals surface area (Å²) in [5.74, 6) is 0.510. The van der Waals surface area contributed by atoms with E-state index in [1.165, 1.54) is 28.3 Å². The van der Waals surface area contributed by atoms with Crippen LogP contribution in [0.5, 0.6) is 0 Å². The molecule has 4 aromatic carbocycles. The van der Waals surface area contributed by atoms with Crippen LogP contribution in [-0.4, -0.2) is 27.5 Å². The number of halogens is 1. The fourth-order valence-corrected chi connectivity index (χ4v) is 7.60. The van der Waals surface area contributed by atoms with E-state index in [4.69, 9.17) is 5.48 Å². The third-order valence-corrected chi connectivity index (χ3v) is 11.9. The Labute approximate surface area is 411 Å². The van der Waals surface area contributed by atoms with E-state index in [-0.39, 0.29) is 85.2 Å². The number of alkyl halides is 1. The van der Waals surface area contributed by atoms with E-state index in [0.29, 0.717) is 18.3 Å². The number of fused-ring (bicyclic) bond motifs is 2. The number of carbonyl (C=O) groups excluding carboxylic acids is 1. The molecule has 0 saturated heterocycles. The van der Waals surface area contributed by atoms with Crippen LogP contribution in [-0.2, 0) is 35.7 Å². The predicted molar refractivity (Wildman–Crippen MR) is 271 cm³/mol. The Morgan fingerprint density at radius 1 is 0.692 bits per heavy atom. The van der Waals surface area contributed by atoms with Crippen LogP contribution >= 0.6 is 0 Å². The maximum atomic E-state index is 12.2. The summed E-state index contributed by atoms with van der Waals surface area (Å²) in [4.78, 5) is 20.6. The van der Waals surface area contributed by atoms with E-state index in [1.54, 1.807) is 0 Å². The van der Waals surface area contributed by atoms with Crippen molar-refractivity contribution in [3.05, 3.63) is 142 Å². The molecule has 0 aliphatic carbocycles.